The van der Waals surface area contributed by atoms with E-state index in [4.69, 9.17) is 0 Å². The van der Waals surface area contributed by atoms with Gasteiger partial charge in [-0.05, 0) is 56.1 Å². The fourth-order valence-corrected chi connectivity index (χ4v) is 1.75. The molecule has 2 aromatic rings. The van der Waals surface area contributed by atoms with Gasteiger partial charge in [0.15, 0.2) is 0 Å². The molecule has 86 valence electrons. The molecule has 0 aromatic carbocycles. The van der Waals surface area contributed by atoms with Gasteiger partial charge in [-0.3, -0.25) is 4.79 Å². The maximum Gasteiger partial charge on any atom is 0.275 e. The Morgan fingerprint density at radius 2 is 2.00 bits per heavy atom. The number of nitrogens with zero attached hydrogens (tertiary/aromatic N) is 2. The summed E-state index contributed by atoms with van der Waals surface area (Å²) in [5.74, 6) is 0.180. The Kier molecular flexibility index (Phi) is 3.86. The number of pyridine rings is 2. The minimum absolute atomic E-state index is 0.295. The van der Waals surface area contributed by atoms with E-state index in [-0.39, 0.29) is 5.91 Å². The molecule has 0 bridgehead atoms. The van der Waals surface area contributed by atoms with Gasteiger partial charge < -0.3 is 5.32 Å². The first-order chi connectivity index (χ1) is 8.16. The van der Waals surface area contributed by atoms with E-state index in [2.05, 4.69) is 47.1 Å². The number of hydrogen-bond acceptors (Lipinski definition) is 3. The third kappa shape index (κ3) is 3.10. The molecule has 4 nitrogen and oxygen atoms in total. The number of amides is 1. The number of carbonyl (C=O) groups is 1. The van der Waals surface area contributed by atoms with Gasteiger partial charge in [-0.1, -0.05) is 0 Å². The molecule has 0 aliphatic rings. The highest BCUT2D eigenvalue weighted by atomic mass is 79.9. The van der Waals surface area contributed by atoms with Gasteiger partial charge in [0.25, 0.3) is 5.91 Å². The van der Waals surface area contributed by atoms with Crippen LogP contribution in [-0.4, -0.2) is 15.9 Å². The van der Waals surface area contributed by atoms with Gasteiger partial charge in [-0.25, -0.2) is 9.97 Å². The minimum atomic E-state index is -0.295. The second-order valence-corrected chi connectivity index (χ2v) is 4.92. The highest BCUT2D eigenvalue weighted by molar-refractivity contribution is 9.10. The summed E-state index contributed by atoms with van der Waals surface area (Å²) in [7, 11) is 0. The molecule has 0 fully saturated rings. The van der Waals surface area contributed by atoms with Crippen LogP contribution in [0.3, 0.4) is 0 Å². The van der Waals surface area contributed by atoms with Gasteiger partial charge in [-0.2, -0.15) is 0 Å². The van der Waals surface area contributed by atoms with Crippen LogP contribution in [0, 0.1) is 0 Å². The van der Waals surface area contributed by atoms with Crippen molar-refractivity contribution in [3.8, 4) is 0 Å². The molecule has 0 atom stereocenters. The van der Waals surface area contributed by atoms with Crippen molar-refractivity contribution in [1.29, 1.82) is 0 Å². The van der Waals surface area contributed by atoms with Crippen molar-refractivity contribution < 1.29 is 4.79 Å². The van der Waals surface area contributed by atoms with Crippen LogP contribution < -0.4 is 5.32 Å². The molecule has 2 heterocycles. The van der Waals surface area contributed by atoms with Crippen LogP contribution in [0.2, 0.25) is 0 Å². The number of anilines is 1. The minimum Gasteiger partial charge on any atom is -0.304 e. The predicted octanol–water partition coefficient (Wildman–Crippen LogP) is 3.25. The molecular formula is C11H7Br2N3O. The summed E-state index contributed by atoms with van der Waals surface area (Å²) in [6.45, 7) is 0. The van der Waals surface area contributed by atoms with Crippen molar-refractivity contribution in [2.45, 2.75) is 0 Å². The third-order valence-corrected chi connectivity index (χ3v) is 3.06. The summed E-state index contributed by atoms with van der Waals surface area (Å²) in [5, 5.41) is 2.67. The fraction of sp³-hybridized carbons (Fsp3) is 0. The lowest BCUT2D eigenvalue weighted by molar-refractivity contribution is 0.102. The summed E-state index contributed by atoms with van der Waals surface area (Å²) in [6.07, 6.45) is 3.18. The topological polar surface area (TPSA) is 54.9 Å². The monoisotopic (exact) mass is 355 g/mol. The van der Waals surface area contributed by atoms with Gasteiger partial charge in [0.2, 0.25) is 0 Å². The molecule has 0 saturated carbocycles. The number of hydrogen-bond donors (Lipinski definition) is 1. The van der Waals surface area contributed by atoms with Crippen LogP contribution in [0.5, 0.6) is 0 Å². The number of rotatable bonds is 2. The molecule has 0 aliphatic heterocycles. The van der Waals surface area contributed by atoms with Gasteiger partial charge in [0.05, 0.1) is 4.47 Å². The molecule has 0 saturated heterocycles. The molecule has 1 amide bonds. The Labute approximate surface area is 115 Å². The van der Waals surface area contributed by atoms with Crippen molar-refractivity contribution in [2.24, 2.45) is 0 Å². The molecule has 0 spiro atoms. The molecule has 0 aliphatic carbocycles. The zero-order valence-electron chi connectivity index (χ0n) is 8.52. The molecule has 17 heavy (non-hydrogen) atoms. The molecule has 2 rings (SSSR count). The fourth-order valence-electron chi connectivity index (χ4n) is 1.16. The highest BCUT2D eigenvalue weighted by Gasteiger charge is 2.09. The zero-order valence-corrected chi connectivity index (χ0v) is 11.7. The second-order valence-electron chi connectivity index (χ2n) is 3.15. The van der Waals surface area contributed by atoms with E-state index in [0.717, 1.165) is 8.95 Å². The van der Waals surface area contributed by atoms with E-state index in [1.54, 1.807) is 36.7 Å². The van der Waals surface area contributed by atoms with Crippen LogP contribution >= 0.6 is 31.9 Å². The van der Waals surface area contributed by atoms with Crippen LogP contribution in [0.1, 0.15) is 10.5 Å². The van der Waals surface area contributed by atoms with Gasteiger partial charge in [0.1, 0.15) is 11.5 Å². The number of aromatic nitrogens is 2. The summed E-state index contributed by atoms with van der Waals surface area (Å²) in [5.41, 5.74) is 0.339. The Morgan fingerprint density at radius 3 is 2.65 bits per heavy atom. The Bertz CT molecular complexity index is 543. The molecule has 1 N–H and O–H groups in total. The molecular weight excluding hydrogens is 350 g/mol. The number of halogens is 2. The SMILES string of the molecule is O=C(Nc1ncccc1Br)c1ccc(Br)cn1. The lowest BCUT2D eigenvalue weighted by atomic mass is 10.3. The highest BCUT2D eigenvalue weighted by Crippen LogP contribution is 2.19. The lowest BCUT2D eigenvalue weighted by Crippen LogP contribution is -2.14. The Hall–Kier alpha value is -1.27. The van der Waals surface area contributed by atoms with Gasteiger partial charge in [-0.15, -0.1) is 0 Å². The van der Waals surface area contributed by atoms with Crippen molar-refractivity contribution in [3.05, 3.63) is 51.3 Å². The zero-order chi connectivity index (χ0) is 12.3. The van der Waals surface area contributed by atoms with E-state index < -0.39 is 0 Å². The van der Waals surface area contributed by atoms with E-state index in [0.29, 0.717) is 11.5 Å². The largest absolute Gasteiger partial charge is 0.304 e. The van der Waals surface area contributed by atoms with E-state index in [9.17, 15) is 4.79 Å². The quantitative estimate of drug-likeness (QED) is 0.898. The molecule has 0 unspecified atom stereocenters. The maximum absolute atomic E-state index is 11.8. The molecule has 2 aromatic heterocycles. The number of nitrogens with one attached hydrogen (secondary N) is 1. The van der Waals surface area contributed by atoms with Gasteiger partial charge in [0, 0.05) is 16.9 Å². The third-order valence-electron chi connectivity index (χ3n) is 1.95. The van der Waals surface area contributed by atoms with Crippen molar-refractivity contribution >= 4 is 43.6 Å². The van der Waals surface area contributed by atoms with Crippen molar-refractivity contribution in [1.82, 2.24) is 9.97 Å². The van der Waals surface area contributed by atoms with Crippen LogP contribution in [-0.2, 0) is 0 Å². The summed E-state index contributed by atoms with van der Waals surface area (Å²) in [4.78, 5) is 19.9. The first-order valence-electron chi connectivity index (χ1n) is 4.70. The normalized spacial score (nSPS) is 10.0. The first-order valence-corrected chi connectivity index (χ1v) is 6.29. The van der Waals surface area contributed by atoms with Crippen molar-refractivity contribution in [3.63, 3.8) is 0 Å². The average molecular weight is 357 g/mol. The molecule has 6 heteroatoms. The van der Waals surface area contributed by atoms with Gasteiger partial charge >= 0.3 is 0 Å². The smallest absolute Gasteiger partial charge is 0.275 e. The van der Waals surface area contributed by atoms with E-state index in [1.165, 1.54) is 0 Å². The standard InChI is InChI=1S/C11H7Br2N3O/c12-7-3-4-9(15-6-7)11(17)16-10-8(13)2-1-5-14-10/h1-6H,(H,14,16,17). The molecule has 0 radical (unpaired) electrons. The average Bonchev–Trinajstić information content (AvgIpc) is 2.33. The summed E-state index contributed by atoms with van der Waals surface area (Å²) in [6, 6.07) is 6.97. The summed E-state index contributed by atoms with van der Waals surface area (Å²) >= 11 is 6.56. The predicted molar refractivity (Wildman–Crippen MR) is 71.8 cm³/mol. The van der Waals surface area contributed by atoms with E-state index >= 15 is 0 Å². The van der Waals surface area contributed by atoms with Crippen LogP contribution in [0.15, 0.2) is 45.6 Å². The van der Waals surface area contributed by atoms with Crippen molar-refractivity contribution in [2.75, 3.05) is 5.32 Å². The van der Waals surface area contributed by atoms with Crippen LogP contribution in [0.25, 0.3) is 0 Å². The Balaban J connectivity index is 2.17. The van der Waals surface area contributed by atoms with Crippen LogP contribution in [0.4, 0.5) is 5.82 Å². The number of carbonyl (C=O) groups excluding carboxylic acids is 1. The lowest BCUT2D eigenvalue weighted by Gasteiger charge is -2.05. The maximum atomic E-state index is 11.8. The second kappa shape index (κ2) is 5.37. The Morgan fingerprint density at radius 1 is 1.18 bits per heavy atom. The van der Waals surface area contributed by atoms with E-state index in [1.807, 2.05) is 0 Å². The first kappa shape index (κ1) is 12.2. The summed E-state index contributed by atoms with van der Waals surface area (Å²) < 4.78 is 1.55.